The van der Waals surface area contributed by atoms with Gasteiger partial charge in [0.15, 0.2) is 5.16 Å². The van der Waals surface area contributed by atoms with Crippen LogP contribution in [0.2, 0.25) is 0 Å². The summed E-state index contributed by atoms with van der Waals surface area (Å²) in [6.45, 7) is 0.0966. The largest absolute Gasteiger partial charge is 0.395 e. The average molecular weight is 263 g/mol. The second kappa shape index (κ2) is 4.91. The van der Waals surface area contributed by atoms with Crippen LogP contribution in [0.1, 0.15) is 12.8 Å². The molecule has 18 heavy (non-hydrogen) atoms. The number of nitrogens with zero attached hydrogens (tertiary/aromatic N) is 1. The lowest BCUT2D eigenvalue weighted by Crippen LogP contribution is -2.36. The summed E-state index contributed by atoms with van der Waals surface area (Å²) < 4.78 is 0. The molecular weight excluding hydrogens is 246 g/mol. The standard InChI is InChI=1S/C13H17N3OS/c14-12(8-5-6-8)11(7-17)18-13-15-9-3-1-2-4-10(9)16-13/h1-4,8,11-12,17H,5-7,14H2,(H,15,16). The van der Waals surface area contributed by atoms with Crippen molar-refractivity contribution in [3.63, 3.8) is 0 Å². The Morgan fingerprint density at radius 1 is 1.44 bits per heavy atom. The van der Waals surface area contributed by atoms with Crippen LogP contribution >= 0.6 is 11.8 Å². The zero-order valence-electron chi connectivity index (χ0n) is 10.0. The van der Waals surface area contributed by atoms with Crippen LogP contribution in [-0.4, -0.2) is 33.0 Å². The molecule has 4 N–H and O–H groups in total. The molecular formula is C13H17N3OS. The van der Waals surface area contributed by atoms with Crippen molar-refractivity contribution in [1.29, 1.82) is 0 Å². The number of para-hydroxylation sites is 2. The predicted molar refractivity (Wildman–Crippen MR) is 73.5 cm³/mol. The van der Waals surface area contributed by atoms with E-state index in [1.807, 2.05) is 24.3 Å². The minimum absolute atomic E-state index is 0.0260. The molecule has 96 valence electrons. The smallest absolute Gasteiger partial charge is 0.166 e. The lowest BCUT2D eigenvalue weighted by Gasteiger charge is -2.19. The molecule has 2 unspecified atom stereocenters. The van der Waals surface area contributed by atoms with E-state index in [9.17, 15) is 5.11 Å². The Hall–Kier alpha value is -1.04. The van der Waals surface area contributed by atoms with Crippen LogP contribution < -0.4 is 5.73 Å². The fourth-order valence-corrected chi connectivity index (χ4v) is 3.21. The van der Waals surface area contributed by atoms with E-state index in [0.29, 0.717) is 5.92 Å². The molecule has 0 amide bonds. The number of benzene rings is 1. The van der Waals surface area contributed by atoms with Crippen LogP contribution in [0.15, 0.2) is 29.4 Å². The zero-order chi connectivity index (χ0) is 12.5. The number of rotatable bonds is 5. The van der Waals surface area contributed by atoms with Crippen LogP contribution in [0.25, 0.3) is 11.0 Å². The molecule has 0 radical (unpaired) electrons. The summed E-state index contributed by atoms with van der Waals surface area (Å²) in [6.07, 6.45) is 2.39. The predicted octanol–water partition coefficient (Wildman–Crippen LogP) is 1.75. The van der Waals surface area contributed by atoms with Gasteiger partial charge in [0.05, 0.1) is 22.9 Å². The van der Waals surface area contributed by atoms with Crippen molar-refractivity contribution >= 4 is 22.8 Å². The summed E-state index contributed by atoms with van der Waals surface area (Å²) in [4.78, 5) is 7.76. The van der Waals surface area contributed by atoms with Crippen molar-refractivity contribution in [1.82, 2.24) is 9.97 Å². The van der Waals surface area contributed by atoms with E-state index in [-0.39, 0.29) is 17.9 Å². The van der Waals surface area contributed by atoms with Gasteiger partial charge in [-0.1, -0.05) is 23.9 Å². The first-order valence-corrected chi connectivity index (χ1v) is 7.14. The second-order valence-electron chi connectivity index (χ2n) is 4.81. The van der Waals surface area contributed by atoms with E-state index in [1.165, 1.54) is 12.8 Å². The molecule has 1 aliphatic carbocycles. The number of aromatic nitrogens is 2. The van der Waals surface area contributed by atoms with Gasteiger partial charge in [0.25, 0.3) is 0 Å². The van der Waals surface area contributed by atoms with Gasteiger partial charge >= 0.3 is 0 Å². The topological polar surface area (TPSA) is 74.9 Å². The van der Waals surface area contributed by atoms with E-state index < -0.39 is 0 Å². The molecule has 1 aliphatic rings. The molecule has 4 nitrogen and oxygen atoms in total. The van der Waals surface area contributed by atoms with Crippen molar-refractivity contribution in [2.45, 2.75) is 29.3 Å². The molecule has 3 rings (SSSR count). The molecule has 5 heteroatoms. The quantitative estimate of drug-likeness (QED) is 0.718. The fraction of sp³-hybridized carbons (Fsp3) is 0.462. The number of hydrogen-bond acceptors (Lipinski definition) is 4. The number of hydrogen-bond donors (Lipinski definition) is 3. The summed E-state index contributed by atoms with van der Waals surface area (Å²) in [5, 5.41) is 10.3. The molecule has 0 saturated heterocycles. The van der Waals surface area contributed by atoms with Crippen LogP contribution in [0.5, 0.6) is 0 Å². The maximum absolute atomic E-state index is 9.47. The third-order valence-corrected chi connectivity index (χ3v) is 4.59. The number of nitrogens with two attached hydrogens (primary N) is 1. The highest BCUT2D eigenvalue weighted by atomic mass is 32.2. The molecule has 2 aromatic rings. The average Bonchev–Trinajstić information content (AvgIpc) is 3.15. The van der Waals surface area contributed by atoms with Crippen LogP contribution in [0.3, 0.4) is 0 Å². The summed E-state index contributed by atoms with van der Waals surface area (Å²) in [5.41, 5.74) is 8.13. The molecule has 0 bridgehead atoms. The summed E-state index contributed by atoms with van der Waals surface area (Å²) in [7, 11) is 0. The van der Waals surface area contributed by atoms with Gasteiger partial charge in [0.2, 0.25) is 0 Å². The Bertz CT molecular complexity index is 505. The number of fused-ring (bicyclic) bond motifs is 1. The molecule has 1 fully saturated rings. The highest BCUT2D eigenvalue weighted by molar-refractivity contribution is 7.99. The first kappa shape index (κ1) is 12.0. The number of H-pyrrole nitrogens is 1. The number of thioether (sulfide) groups is 1. The minimum Gasteiger partial charge on any atom is -0.395 e. The van der Waals surface area contributed by atoms with Gasteiger partial charge < -0.3 is 15.8 Å². The Morgan fingerprint density at radius 2 is 2.22 bits per heavy atom. The molecule has 1 heterocycles. The van der Waals surface area contributed by atoms with E-state index in [1.54, 1.807) is 11.8 Å². The Balaban J connectivity index is 1.77. The second-order valence-corrected chi connectivity index (χ2v) is 6.04. The lowest BCUT2D eigenvalue weighted by molar-refractivity contribution is 0.277. The van der Waals surface area contributed by atoms with Crippen molar-refractivity contribution in [2.75, 3.05) is 6.61 Å². The van der Waals surface area contributed by atoms with Crippen LogP contribution in [0, 0.1) is 5.92 Å². The van der Waals surface area contributed by atoms with E-state index in [4.69, 9.17) is 5.73 Å². The van der Waals surface area contributed by atoms with Crippen molar-refractivity contribution in [3.05, 3.63) is 24.3 Å². The highest BCUT2D eigenvalue weighted by Crippen LogP contribution is 2.37. The molecule has 1 aromatic carbocycles. The monoisotopic (exact) mass is 263 g/mol. The highest BCUT2D eigenvalue weighted by Gasteiger charge is 2.34. The third kappa shape index (κ3) is 2.39. The van der Waals surface area contributed by atoms with Crippen molar-refractivity contribution < 1.29 is 5.11 Å². The summed E-state index contributed by atoms with van der Waals surface area (Å²) in [6, 6.07) is 7.99. The zero-order valence-corrected chi connectivity index (χ0v) is 10.9. The maximum Gasteiger partial charge on any atom is 0.166 e. The normalized spacial score (nSPS) is 19.0. The van der Waals surface area contributed by atoms with E-state index in [0.717, 1.165) is 16.2 Å². The number of aliphatic hydroxyl groups is 1. The number of aromatic amines is 1. The molecule has 2 atom stereocenters. The van der Waals surface area contributed by atoms with Gasteiger partial charge in [-0.3, -0.25) is 0 Å². The van der Waals surface area contributed by atoms with Gasteiger partial charge in [-0.25, -0.2) is 4.98 Å². The lowest BCUT2D eigenvalue weighted by atomic mass is 10.1. The van der Waals surface area contributed by atoms with E-state index >= 15 is 0 Å². The third-order valence-electron chi connectivity index (χ3n) is 3.41. The first-order chi connectivity index (χ1) is 8.78. The Labute approximate surface area is 110 Å². The van der Waals surface area contributed by atoms with Crippen molar-refractivity contribution in [3.8, 4) is 0 Å². The van der Waals surface area contributed by atoms with Gasteiger partial charge in [-0.15, -0.1) is 0 Å². The molecule has 0 aliphatic heterocycles. The van der Waals surface area contributed by atoms with Crippen molar-refractivity contribution in [2.24, 2.45) is 11.7 Å². The van der Waals surface area contributed by atoms with Gasteiger partial charge in [0.1, 0.15) is 0 Å². The Morgan fingerprint density at radius 3 is 2.89 bits per heavy atom. The van der Waals surface area contributed by atoms with Gasteiger partial charge in [-0.2, -0.15) is 0 Å². The van der Waals surface area contributed by atoms with Crippen LogP contribution in [-0.2, 0) is 0 Å². The minimum atomic E-state index is 0.0260. The maximum atomic E-state index is 9.47. The fourth-order valence-electron chi connectivity index (χ4n) is 2.15. The number of imidazole rings is 1. The number of nitrogens with one attached hydrogen (secondary N) is 1. The summed E-state index contributed by atoms with van der Waals surface area (Å²) >= 11 is 1.55. The van der Waals surface area contributed by atoms with Crippen LogP contribution in [0.4, 0.5) is 0 Å². The molecule has 1 saturated carbocycles. The SMILES string of the molecule is NC(C1CC1)C(CO)Sc1nc2ccccc2[nH]1. The van der Waals surface area contributed by atoms with Gasteiger partial charge in [-0.05, 0) is 30.9 Å². The van der Waals surface area contributed by atoms with Gasteiger partial charge in [0, 0.05) is 6.04 Å². The Kier molecular flexibility index (Phi) is 3.28. The van der Waals surface area contributed by atoms with E-state index in [2.05, 4.69) is 9.97 Å². The number of aliphatic hydroxyl groups excluding tert-OH is 1. The first-order valence-electron chi connectivity index (χ1n) is 6.26. The molecule has 0 spiro atoms. The summed E-state index contributed by atoms with van der Waals surface area (Å²) in [5.74, 6) is 0.582. The molecule has 1 aromatic heterocycles.